The third kappa shape index (κ3) is 3.69. The minimum atomic E-state index is -0.673. The molecule has 0 bridgehead atoms. The fourth-order valence-electron chi connectivity index (χ4n) is 3.90. The molecular weight excluding hydrogens is 388 g/mol. The van der Waals surface area contributed by atoms with Gasteiger partial charge in [0.15, 0.2) is 17.4 Å². The topological polar surface area (TPSA) is 71.0 Å². The summed E-state index contributed by atoms with van der Waals surface area (Å²) in [6, 6.07) is 5.28. The number of hydrogen-bond acceptors (Lipinski definition) is 6. The molecule has 3 heterocycles. The van der Waals surface area contributed by atoms with E-state index in [9.17, 15) is 13.6 Å². The van der Waals surface area contributed by atoms with Crippen molar-refractivity contribution in [3.8, 4) is 0 Å². The van der Waals surface area contributed by atoms with Crippen molar-refractivity contribution in [2.75, 3.05) is 23.3 Å². The summed E-state index contributed by atoms with van der Waals surface area (Å²) in [4.78, 5) is 28.5. The van der Waals surface area contributed by atoms with Crippen LogP contribution < -0.4 is 10.2 Å². The standard InChI is InChI=1S/C22H21F2N5O/c23-14-1-4-17(24)16(11-14)20(30)13-6-9-29(10-7-13)22-21(26-15-2-3-15)27-18-5-8-25-12-19(18)28-22/h1,4-5,8,11-13,15H,2-3,6-7,9-10H2,(H,26,27). The molecule has 6 nitrogen and oxygen atoms in total. The van der Waals surface area contributed by atoms with Crippen LogP contribution in [0.4, 0.5) is 20.4 Å². The van der Waals surface area contributed by atoms with Crippen LogP contribution in [0.5, 0.6) is 0 Å². The first-order valence-corrected chi connectivity index (χ1v) is 10.2. The molecule has 30 heavy (non-hydrogen) atoms. The number of Topliss-reactive ketones (excluding diaryl/α,β-unsaturated/α-hetero) is 1. The van der Waals surface area contributed by atoms with E-state index in [4.69, 9.17) is 9.97 Å². The number of benzene rings is 1. The van der Waals surface area contributed by atoms with Gasteiger partial charge in [0.1, 0.15) is 17.2 Å². The molecule has 1 aromatic carbocycles. The third-order valence-electron chi connectivity index (χ3n) is 5.73. The molecule has 1 N–H and O–H groups in total. The predicted molar refractivity (Wildman–Crippen MR) is 110 cm³/mol. The maximum atomic E-state index is 14.0. The fourth-order valence-corrected chi connectivity index (χ4v) is 3.90. The van der Waals surface area contributed by atoms with Crippen molar-refractivity contribution in [2.45, 2.75) is 31.7 Å². The number of nitrogens with zero attached hydrogens (tertiary/aromatic N) is 4. The Morgan fingerprint density at radius 2 is 1.83 bits per heavy atom. The van der Waals surface area contributed by atoms with Gasteiger partial charge in [0.2, 0.25) is 0 Å². The zero-order valence-corrected chi connectivity index (χ0v) is 16.3. The number of anilines is 2. The largest absolute Gasteiger partial charge is 0.364 e. The predicted octanol–water partition coefficient (Wildman–Crippen LogP) is 3.98. The summed E-state index contributed by atoms with van der Waals surface area (Å²) in [6.07, 6.45) is 6.71. The zero-order valence-electron chi connectivity index (χ0n) is 16.3. The first-order valence-electron chi connectivity index (χ1n) is 10.2. The summed E-state index contributed by atoms with van der Waals surface area (Å²) >= 11 is 0. The number of fused-ring (bicyclic) bond motifs is 1. The number of piperidine rings is 1. The molecule has 1 aliphatic heterocycles. The van der Waals surface area contributed by atoms with Gasteiger partial charge in [0.25, 0.3) is 0 Å². The molecule has 2 aromatic heterocycles. The van der Waals surface area contributed by atoms with E-state index < -0.39 is 11.6 Å². The fraction of sp³-hybridized carbons (Fsp3) is 0.364. The molecule has 0 radical (unpaired) electrons. The first-order chi connectivity index (χ1) is 14.6. The molecule has 1 saturated heterocycles. The average Bonchev–Trinajstić information content (AvgIpc) is 3.59. The second kappa shape index (κ2) is 7.59. The van der Waals surface area contributed by atoms with Crippen molar-refractivity contribution in [3.63, 3.8) is 0 Å². The maximum absolute atomic E-state index is 14.0. The summed E-state index contributed by atoms with van der Waals surface area (Å²) in [5, 5.41) is 3.45. The third-order valence-corrected chi connectivity index (χ3v) is 5.73. The summed E-state index contributed by atoms with van der Waals surface area (Å²) < 4.78 is 27.5. The Morgan fingerprint density at radius 1 is 1.03 bits per heavy atom. The highest BCUT2D eigenvalue weighted by Gasteiger charge is 2.31. The lowest BCUT2D eigenvalue weighted by Crippen LogP contribution is -2.37. The van der Waals surface area contributed by atoms with E-state index in [2.05, 4.69) is 15.2 Å². The van der Waals surface area contributed by atoms with Gasteiger partial charge in [0.05, 0.1) is 17.3 Å². The van der Waals surface area contributed by atoms with Crippen LogP contribution >= 0.6 is 0 Å². The molecule has 1 aliphatic carbocycles. The van der Waals surface area contributed by atoms with Gasteiger partial charge in [-0.1, -0.05) is 0 Å². The van der Waals surface area contributed by atoms with E-state index in [1.807, 2.05) is 6.07 Å². The maximum Gasteiger partial charge on any atom is 0.172 e. The summed E-state index contributed by atoms with van der Waals surface area (Å²) in [5.74, 6) is -0.452. The van der Waals surface area contributed by atoms with E-state index in [0.29, 0.717) is 37.5 Å². The van der Waals surface area contributed by atoms with Crippen molar-refractivity contribution in [3.05, 3.63) is 53.9 Å². The number of ketones is 1. The molecule has 2 aliphatic rings. The van der Waals surface area contributed by atoms with Crippen molar-refractivity contribution < 1.29 is 13.6 Å². The summed E-state index contributed by atoms with van der Waals surface area (Å²) in [6.45, 7) is 1.18. The molecule has 1 saturated carbocycles. The van der Waals surface area contributed by atoms with Crippen LogP contribution in [0.3, 0.4) is 0 Å². The van der Waals surface area contributed by atoms with Crippen LogP contribution in [0.2, 0.25) is 0 Å². The van der Waals surface area contributed by atoms with Crippen LogP contribution in [0, 0.1) is 17.6 Å². The van der Waals surface area contributed by atoms with Gasteiger partial charge in [-0.15, -0.1) is 0 Å². The van der Waals surface area contributed by atoms with Crippen LogP contribution in [-0.2, 0) is 0 Å². The smallest absolute Gasteiger partial charge is 0.172 e. The average molecular weight is 409 g/mol. The molecule has 0 unspecified atom stereocenters. The van der Waals surface area contributed by atoms with Crippen molar-refractivity contribution in [1.29, 1.82) is 0 Å². The molecule has 154 valence electrons. The SMILES string of the molecule is O=C(c1cc(F)ccc1F)C1CCN(c2nc3cnccc3nc2NC2CC2)CC1. The first kappa shape index (κ1) is 18.8. The Balaban J connectivity index is 1.36. The van der Waals surface area contributed by atoms with Gasteiger partial charge >= 0.3 is 0 Å². The van der Waals surface area contributed by atoms with E-state index in [1.165, 1.54) is 0 Å². The van der Waals surface area contributed by atoms with E-state index in [-0.39, 0.29) is 17.3 Å². The molecule has 8 heteroatoms. The number of rotatable bonds is 5. The normalized spacial score (nSPS) is 17.3. The number of carbonyl (C=O) groups excluding carboxylic acids is 1. The highest BCUT2D eigenvalue weighted by molar-refractivity contribution is 5.98. The zero-order chi connectivity index (χ0) is 20.7. The lowest BCUT2D eigenvalue weighted by Gasteiger charge is -2.33. The van der Waals surface area contributed by atoms with Crippen molar-refractivity contribution in [2.24, 2.45) is 5.92 Å². The van der Waals surface area contributed by atoms with Crippen molar-refractivity contribution in [1.82, 2.24) is 15.0 Å². The quantitative estimate of drug-likeness (QED) is 0.643. The monoisotopic (exact) mass is 409 g/mol. The highest BCUT2D eigenvalue weighted by Crippen LogP contribution is 2.33. The van der Waals surface area contributed by atoms with E-state index in [0.717, 1.165) is 48.2 Å². The second-order valence-electron chi connectivity index (χ2n) is 7.93. The minimum Gasteiger partial charge on any atom is -0.364 e. The van der Waals surface area contributed by atoms with Crippen LogP contribution in [-0.4, -0.2) is 39.9 Å². The number of nitrogens with one attached hydrogen (secondary N) is 1. The molecule has 0 atom stereocenters. The molecular formula is C22H21F2N5O. The summed E-state index contributed by atoms with van der Waals surface area (Å²) in [7, 11) is 0. The van der Waals surface area contributed by atoms with Crippen LogP contribution in [0.15, 0.2) is 36.7 Å². The van der Waals surface area contributed by atoms with Crippen molar-refractivity contribution >= 4 is 28.5 Å². The van der Waals surface area contributed by atoms with Crippen LogP contribution in [0.25, 0.3) is 11.0 Å². The molecule has 0 amide bonds. The second-order valence-corrected chi connectivity index (χ2v) is 7.93. The Kier molecular flexibility index (Phi) is 4.77. The van der Waals surface area contributed by atoms with E-state index >= 15 is 0 Å². The van der Waals surface area contributed by atoms with Gasteiger partial charge in [0, 0.05) is 31.2 Å². The lowest BCUT2D eigenvalue weighted by molar-refractivity contribution is 0.0895. The number of pyridine rings is 1. The number of halogens is 2. The molecule has 5 rings (SSSR count). The minimum absolute atomic E-state index is 0.166. The molecule has 0 spiro atoms. The Labute approximate surface area is 172 Å². The van der Waals surface area contributed by atoms with Crippen LogP contribution in [0.1, 0.15) is 36.0 Å². The van der Waals surface area contributed by atoms with Gasteiger partial charge in [-0.3, -0.25) is 9.78 Å². The Hall–Kier alpha value is -3.16. The van der Waals surface area contributed by atoms with Gasteiger partial charge in [-0.25, -0.2) is 18.7 Å². The Morgan fingerprint density at radius 3 is 2.60 bits per heavy atom. The van der Waals surface area contributed by atoms with Gasteiger partial charge < -0.3 is 10.2 Å². The van der Waals surface area contributed by atoms with E-state index in [1.54, 1.807) is 12.4 Å². The van der Waals surface area contributed by atoms with Gasteiger partial charge in [-0.2, -0.15) is 0 Å². The molecule has 2 fully saturated rings. The Bertz CT molecular complexity index is 1110. The number of aromatic nitrogens is 3. The summed E-state index contributed by atoms with van der Waals surface area (Å²) in [5.41, 5.74) is 1.33. The lowest BCUT2D eigenvalue weighted by atomic mass is 9.88. The van der Waals surface area contributed by atoms with Gasteiger partial charge in [-0.05, 0) is 49.9 Å². The number of carbonyl (C=O) groups is 1. The highest BCUT2D eigenvalue weighted by atomic mass is 19.1. The molecule has 3 aromatic rings. The number of hydrogen-bond donors (Lipinski definition) is 1.